The minimum absolute atomic E-state index is 0.0796. The first kappa shape index (κ1) is 15.9. The van der Waals surface area contributed by atoms with Gasteiger partial charge in [-0.1, -0.05) is 46.4 Å². The molecule has 0 aliphatic heterocycles. The maximum absolute atomic E-state index is 11.6. The second kappa shape index (κ2) is 5.43. The quantitative estimate of drug-likeness (QED) is 0.669. The van der Waals surface area contributed by atoms with Crippen LogP contribution in [-0.2, 0) is 10.0 Å². The van der Waals surface area contributed by atoms with E-state index in [1.54, 1.807) is 0 Å². The summed E-state index contributed by atoms with van der Waals surface area (Å²) in [5.74, 6) is -0.310. The van der Waals surface area contributed by atoms with Crippen LogP contribution >= 0.6 is 46.4 Å². The topological polar surface area (TPSA) is 63.2 Å². The number of Topliss-reactive ketones (excluding diaryl/α,β-unsaturated/α-hetero) is 1. The largest absolute Gasteiger partial charge is 0.311 e. The molecule has 0 aliphatic carbocycles. The molecule has 9 heteroatoms. The fraction of sp³-hybridized carbons (Fsp3) is 0.222. The Hall–Kier alpha value is -0.200. The van der Waals surface area contributed by atoms with Gasteiger partial charge in [0.15, 0.2) is 5.78 Å². The second-order valence-electron chi connectivity index (χ2n) is 3.30. The van der Waals surface area contributed by atoms with Crippen molar-refractivity contribution in [3.63, 3.8) is 0 Å². The summed E-state index contributed by atoms with van der Waals surface area (Å²) in [6, 6.07) is 3.98. The van der Waals surface area contributed by atoms with Crippen LogP contribution < -0.4 is 4.72 Å². The summed E-state index contributed by atoms with van der Waals surface area (Å²) in [6.07, 6.45) is 0. The van der Waals surface area contributed by atoms with Crippen molar-refractivity contribution < 1.29 is 13.2 Å². The molecular formula is C9H7Cl4NO3S. The van der Waals surface area contributed by atoms with Crippen molar-refractivity contribution in [3.05, 3.63) is 28.8 Å². The first-order chi connectivity index (χ1) is 8.04. The Morgan fingerprint density at radius 2 is 1.83 bits per heavy atom. The summed E-state index contributed by atoms with van der Waals surface area (Å²) < 4.78 is 22.7. The third kappa shape index (κ3) is 3.65. The van der Waals surface area contributed by atoms with Crippen LogP contribution in [0.3, 0.4) is 0 Å². The minimum atomic E-state index is -4.21. The molecule has 0 fully saturated rings. The summed E-state index contributed by atoms with van der Waals surface area (Å²) in [5.41, 5.74) is 0.247. The molecule has 1 N–H and O–H groups in total. The normalized spacial score (nSPS) is 12.3. The van der Waals surface area contributed by atoms with Gasteiger partial charge < -0.3 is 0 Å². The van der Waals surface area contributed by atoms with Crippen LogP contribution in [0, 0.1) is 0 Å². The minimum Gasteiger partial charge on any atom is -0.294 e. The van der Waals surface area contributed by atoms with E-state index in [1.807, 2.05) is 4.72 Å². The highest BCUT2D eigenvalue weighted by Gasteiger charge is 2.38. The Balaban J connectivity index is 3.15. The van der Waals surface area contributed by atoms with Gasteiger partial charge in [0, 0.05) is 11.3 Å². The number of anilines is 1. The van der Waals surface area contributed by atoms with Gasteiger partial charge in [0.1, 0.15) is 0 Å². The standard InChI is InChI=1S/C9H7Cl4NO3S/c1-5(15)7-4-6(2-3-8(7)10)14-18(16,17)9(11,12)13/h2-4,14H,1H3. The van der Waals surface area contributed by atoms with Crippen molar-refractivity contribution in [3.8, 4) is 0 Å². The van der Waals surface area contributed by atoms with E-state index in [-0.39, 0.29) is 22.1 Å². The molecule has 1 aromatic rings. The Morgan fingerprint density at radius 1 is 1.28 bits per heavy atom. The first-order valence-corrected chi connectivity index (χ1v) is 7.43. The molecule has 0 saturated carbocycles. The summed E-state index contributed by atoms with van der Waals surface area (Å²) in [5, 5.41) is 0.208. The predicted molar refractivity (Wildman–Crippen MR) is 74.3 cm³/mol. The fourth-order valence-electron chi connectivity index (χ4n) is 1.07. The number of hydrogen-bond acceptors (Lipinski definition) is 3. The zero-order valence-corrected chi connectivity index (χ0v) is 12.7. The summed E-state index contributed by atoms with van der Waals surface area (Å²) in [7, 11) is -4.21. The Labute approximate surface area is 124 Å². The Kier molecular flexibility index (Phi) is 4.78. The van der Waals surface area contributed by atoms with E-state index in [2.05, 4.69) is 0 Å². The fourth-order valence-corrected chi connectivity index (χ4v) is 2.22. The molecule has 0 radical (unpaired) electrons. The summed E-state index contributed by atoms with van der Waals surface area (Å²) in [6.45, 7) is 1.30. The van der Waals surface area contributed by atoms with Crippen molar-refractivity contribution in [2.45, 2.75) is 10.0 Å². The molecule has 0 aliphatic rings. The molecule has 0 spiro atoms. The summed E-state index contributed by atoms with van der Waals surface area (Å²) in [4.78, 5) is 11.2. The molecule has 0 amide bonds. The number of halogens is 4. The van der Waals surface area contributed by atoms with Crippen LogP contribution in [-0.4, -0.2) is 17.3 Å². The molecule has 4 nitrogen and oxygen atoms in total. The van der Waals surface area contributed by atoms with E-state index in [9.17, 15) is 13.2 Å². The maximum atomic E-state index is 11.6. The lowest BCUT2D eigenvalue weighted by molar-refractivity contribution is 0.101. The van der Waals surface area contributed by atoms with Crippen LogP contribution in [0.25, 0.3) is 0 Å². The molecule has 0 atom stereocenters. The van der Waals surface area contributed by atoms with E-state index in [0.29, 0.717) is 0 Å². The molecule has 0 saturated heterocycles. The Morgan fingerprint density at radius 3 is 2.28 bits per heavy atom. The van der Waals surface area contributed by atoms with Crippen molar-refractivity contribution in [2.75, 3.05) is 4.72 Å². The lowest BCUT2D eigenvalue weighted by Gasteiger charge is -2.14. The van der Waals surface area contributed by atoms with E-state index >= 15 is 0 Å². The number of rotatable bonds is 3. The summed E-state index contributed by atoms with van der Waals surface area (Å²) >= 11 is 21.7. The van der Waals surface area contributed by atoms with Gasteiger partial charge in [-0.25, -0.2) is 8.42 Å². The zero-order valence-electron chi connectivity index (χ0n) is 8.88. The number of ketones is 1. The molecule has 0 bridgehead atoms. The molecule has 0 unspecified atom stereocenters. The van der Waals surface area contributed by atoms with Crippen LogP contribution in [0.4, 0.5) is 5.69 Å². The third-order valence-corrected chi connectivity index (χ3v) is 5.17. The van der Waals surface area contributed by atoms with Gasteiger partial charge in [0.25, 0.3) is 10.0 Å². The molecular weight excluding hydrogens is 344 g/mol. The van der Waals surface area contributed by atoms with Gasteiger partial charge >= 0.3 is 3.12 Å². The van der Waals surface area contributed by atoms with E-state index < -0.39 is 13.1 Å². The lowest BCUT2D eigenvalue weighted by atomic mass is 10.1. The second-order valence-corrected chi connectivity index (χ2v) is 8.49. The average molecular weight is 351 g/mol. The molecule has 1 rings (SSSR count). The van der Waals surface area contributed by atoms with Crippen molar-refractivity contribution in [2.24, 2.45) is 0 Å². The monoisotopic (exact) mass is 349 g/mol. The molecule has 0 heterocycles. The van der Waals surface area contributed by atoms with Crippen molar-refractivity contribution in [1.29, 1.82) is 0 Å². The maximum Gasteiger partial charge on any atom is 0.311 e. The Bertz CT molecular complexity index is 580. The molecule has 1 aromatic carbocycles. The third-order valence-electron chi connectivity index (χ3n) is 1.90. The zero-order chi connectivity index (χ0) is 14.1. The van der Waals surface area contributed by atoms with Crippen molar-refractivity contribution >= 4 is 67.9 Å². The van der Waals surface area contributed by atoms with Gasteiger partial charge in [-0.05, 0) is 25.1 Å². The number of nitrogens with one attached hydrogen (secondary N) is 1. The van der Waals surface area contributed by atoms with Crippen LogP contribution in [0.1, 0.15) is 17.3 Å². The molecule has 100 valence electrons. The average Bonchev–Trinajstić information content (AvgIpc) is 2.18. The molecule has 18 heavy (non-hydrogen) atoms. The van der Waals surface area contributed by atoms with Crippen molar-refractivity contribution in [1.82, 2.24) is 0 Å². The SMILES string of the molecule is CC(=O)c1cc(NS(=O)(=O)C(Cl)(Cl)Cl)ccc1Cl. The van der Waals surface area contributed by atoms with E-state index in [0.717, 1.165) is 0 Å². The van der Waals surface area contributed by atoms with E-state index in [4.69, 9.17) is 46.4 Å². The number of hydrogen-bond donors (Lipinski definition) is 1. The van der Waals surface area contributed by atoms with Gasteiger partial charge in [-0.3, -0.25) is 9.52 Å². The van der Waals surface area contributed by atoms with Crippen LogP contribution in [0.15, 0.2) is 18.2 Å². The van der Waals surface area contributed by atoms with Crippen LogP contribution in [0.2, 0.25) is 5.02 Å². The van der Waals surface area contributed by atoms with Gasteiger partial charge in [0.2, 0.25) is 0 Å². The van der Waals surface area contributed by atoms with E-state index in [1.165, 1.54) is 25.1 Å². The number of benzene rings is 1. The van der Waals surface area contributed by atoms with Gasteiger partial charge in [0.05, 0.1) is 5.02 Å². The first-order valence-electron chi connectivity index (χ1n) is 4.44. The smallest absolute Gasteiger partial charge is 0.294 e. The highest BCUT2D eigenvalue weighted by atomic mass is 35.6. The predicted octanol–water partition coefficient (Wildman–Crippen LogP) is 3.61. The highest BCUT2D eigenvalue weighted by molar-refractivity contribution is 7.98. The highest BCUT2D eigenvalue weighted by Crippen LogP contribution is 2.34. The van der Waals surface area contributed by atoms with Crippen LogP contribution in [0.5, 0.6) is 0 Å². The lowest BCUT2D eigenvalue weighted by Crippen LogP contribution is -2.27. The van der Waals surface area contributed by atoms with Gasteiger partial charge in [-0.15, -0.1) is 0 Å². The molecule has 0 aromatic heterocycles. The number of carbonyl (C=O) groups excluding carboxylic acids is 1. The number of carbonyl (C=O) groups is 1. The number of alkyl halides is 3. The number of sulfonamides is 1. The van der Waals surface area contributed by atoms with Gasteiger partial charge in [-0.2, -0.15) is 0 Å².